The molecular formula is C44H28F5N3O3. The molecule has 0 unspecified atom stereocenters. The number of ether oxygens (including phenoxy) is 3. The minimum atomic E-state index is -2.38. The molecule has 272 valence electrons. The predicted molar refractivity (Wildman–Crippen MR) is 196 cm³/mol. The summed E-state index contributed by atoms with van der Waals surface area (Å²) in [5, 5.41) is 21.6. The zero-order valence-corrected chi connectivity index (χ0v) is 29.7. The Morgan fingerprint density at radius 3 is 1.40 bits per heavy atom. The summed E-state index contributed by atoms with van der Waals surface area (Å²) in [5.74, 6) is -11.3. The SMILES string of the molecule is CC1(C)Oc2c(c(N3c4ccc(-c5ccccc5)cc4Oc4cc(-c5ccccc5)ccc43)c(C#N)c(C#N)c2-c2c(F)c(F)c(F)c(F)c2F)OC1(C)C. The van der Waals surface area contributed by atoms with Gasteiger partial charge in [-0.15, -0.1) is 0 Å². The van der Waals surface area contributed by atoms with Crippen molar-refractivity contribution in [3.05, 3.63) is 137 Å². The van der Waals surface area contributed by atoms with Crippen molar-refractivity contribution in [3.63, 3.8) is 0 Å². The molecule has 8 rings (SSSR count). The van der Waals surface area contributed by atoms with Crippen LogP contribution < -0.4 is 19.1 Å². The van der Waals surface area contributed by atoms with E-state index in [4.69, 9.17) is 14.2 Å². The van der Waals surface area contributed by atoms with Gasteiger partial charge < -0.3 is 14.2 Å². The normalized spacial score (nSPS) is 14.6. The van der Waals surface area contributed by atoms with E-state index in [1.807, 2.05) is 97.1 Å². The van der Waals surface area contributed by atoms with Crippen molar-refractivity contribution in [2.45, 2.75) is 38.9 Å². The maximum absolute atomic E-state index is 15.7. The predicted octanol–water partition coefficient (Wildman–Crippen LogP) is 12.0. The number of benzene rings is 6. The summed E-state index contributed by atoms with van der Waals surface area (Å²) in [6.07, 6.45) is 0. The number of nitrogens with zero attached hydrogens (tertiary/aromatic N) is 3. The van der Waals surface area contributed by atoms with Gasteiger partial charge in [0.05, 0.1) is 33.6 Å². The number of anilines is 3. The third-order valence-electron chi connectivity index (χ3n) is 10.3. The van der Waals surface area contributed by atoms with Crippen LogP contribution in [-0.2, 0) is 0 Å². The maximum atomic E-state index is 15.7. The first-order chi connectivity index (χ1) is 26.3. The molecule has 0 atom stereocenters. The van der Waals surface area contributed by atoms with Gasteiger partial charge in [-0.1, -0.05) is 72.8 Å². The van der Waals surface area contributed by atoms with E-state index in [9.17, 15) is 23.7 Å². The lowest BCUT2D eigenvalue weighted by atomic mass is 9.85. The molecule has 0 saturated carbocycles. The van der Waals surface area contributed by atoms with Crippen LogP contribution in [0.3, 0.4) is 0 Å². The van der Waals surface area contributed by atoms with Gasteiger partial charge in [-0.3, -0.25) is 4.90 Å². The summed E-state index contributed by atoms with van der Waals surface area (Å²) in [5.41, 5.74) is -1.90. The van der Waals surface area contributed by atoms with Crippen molar-refractivity contribution in [2.75, 3.05) is 4.90 Å². The average molecular weight is 742 g/mol. The van der Waals surface area contributed by atoms with E-state index in [1.54, 1.807) is 44.7 Å². The van der Waals surface area contributed by atoms with Crippen molar-refractivity contribution < 1.29 is 36.2 Å². The van der Waals surface area contributed by atoms with Crippen LogP contribution in [0.2, 0.25) is 0 Å². The minimum Gasteiger partial charge on any atom is -0.479 e. The molecule has 0 radical (unpaired) electrons. The largest absolute Gasteiger partial charge is 0.479 e. The van der Waals surface area contributed by atoms with E-state index in [-0.39, 0.29) is 11.4 Å². The molecule has 2 aliphatic rings. The van der Waals surface area contributed by atoms with Gasteiger partial charge in [0, 0.05) is 0 Å². The van der Waals surface area contributed by atoms with Crippen LogP contribution in [0.4, 0.5) is 39.0 Å². The number of rotatable bonds is 4. The van der Waals surface area contributed by atoms with Gasteiger partial charge in [0.15, 0.2) is 46.3 Å². The summed E-state index contributed by atoms with van der Waals surface area (Å²) < 4.78 is 95.1. The topological polar surface area (TPSA) is 78.5 Å². The smallest absolute Gasteiger partial charge is 0.200 e. The molecule has 55 heavy (non-hydrogen) atoms. The monoisotopic (exact) mass is 741 g/mol. The third-order valence-corrected chi connectivity index (χ3v) is 10.3. The number of halogens is 5. The summed E-state index contributed by atoms with van der Waals surface area (Å²) >= 11 is 0. The van der Waals surface area contributed by atoms with E-state index in [1.165, 1.54) is 0 Å². The van der Waals surface area contributed by atoms with Crippen LogP contribution in [-0.4, -0.2) is 11.2 Å². The van der Waals surface area contributed by atoms with Gasteiger partial charge in [0.1, 0.15) is 29.0 Å². The molecule has 0 aromatic heterocycles. The highest BCUT2D eigenvalue weighted by Crippen LogP contribution is 2.61. The Kier molecular flexibility index (Phi) is 8.09. The van der Waals surface area contributed by atoms with Crippen molar-refractivity contribution in [2.24, 2.45) is 0 Å². The number of hydrogen-bond acceptors (Lipinski definition) is 6. The van der Waals surface area contributed by atoms with Gasteiger partial charge in [0.25, 0.3) is 0 Å². The first-order valence-corrected chi connectivity index (χ1v) is 17.1. The first kappa shape index (κ1) is 35.2. The lowest BCUT2D eigenvalue weighted by Crippen LogP contribution is -2.56. The van der Waals surface area contributed by atoms with Crippen LogP contribution in [0.25, 0.3) is 33.4 Å². The van der Waals surface area contributed by atoms with Crippen molar-refractivity contribution in [3.8, 4) is 68.5 Å². The van der Waals surface area contributed by atoms with Crippen LogP contribution in [0.1, 0.15) is 38.8 Å². The zero-order valence-electron chi connectivity index (χ0n) is 29.7. The van der Waals surface area contributed by atoms with E-state index in [2.05, 4.69) is 0 Å². The molecule has 0 amide bonds. The molecule has 11 heteroatoms. The van der Waals surface area contributed by atoms with Crippen LogP contribution >= 0.6 is 0 Å². The highest BCUT2D eigenvalue weighted by Gasteiger charge is 2.50. The Morgan fingerprint density at radius 2 is 0.945 bits per heavy atom. The summed E-state index contributed by atoms with van der Waals surface area (Å²) in [7, 11) is 0. The molecule has 0 bridgehead atoms. The number of nitriles is 2. The molecule has 0 aliphatic carbocycles. The van der Waals surface area contributed by atoms with Crippen molar-refractivity contribution in [1.29, 1.82) is 10.5 Å². The minimum absolute atomic E-state index is 0.0732. The molecule has 2 aliphatic heterocycles. The Balaban J connectivity index is 1.49. The summed E-state index contributed by atoms with van der Waals surface area (Å²) in [6, 6.07) is 33.7. The van der Waals surface area contributed by atoms with Gasteiger partial charge in [0.2, 0.25) is 5.82 Å². The van der Waals surface area contributed by atoms with Crippen LogP contribution in [0, 0.1) is 51.7 Å². The Bertz CT molecular complexity index is 2550. The van der Waals surface area contributed by atoms with Crippen molar-refractivity contribution >= 4 is 17.1 Å². The number of hydrogen-bond donors (Lipinski definition) is 0. The molecule has 0 spiro atoms. The highest BCUT2D eigenvalue weighted by molar-refractivity contribution is 5.98. The Morgan fingerprint density at radius 1 is 0.509 bits per heavy atom. The van der Waals surface area contributed by atoms with E-state index in [0.29, 0.717) is 22.9 Å². The Hall–Kier alpha value is -6.85. The van der Waals surface area contributed by atoms with E-state index in [0.717, 1.165) is 22.3 Å². The standard InChI is InChI=1S/C44H28F5N3O3/c1-43(2)44(3,4)55-42-40(28(22-51)27(21-50)33(41(42)54-43)34-35(45)37(47)39(49)38(48)36(34)46)52-29-17-15-25(23-11-7-5-8-12-23)19-31(29)53-32-20-26(16-18-30(32)52)24-13-9-6-10-14-24/h5-20H,1-4H3. The van der Waals surface area contributed by atoms with E-state index >= 15 is 8.78 Å². The average Bonchev–Trinajstić information content (AvgIpc) is 3.19. The lowest BCUT2D eigenvalue weighted by Gasteiger charge is -2.48. The molecule has 0 N–H and O–H groups in total. The van der Waals surface area contributed by atoms with Crippen molar-refractivity contribution in [1.82, 2.24) is 0 Å². The second-order valence-corrected chi connectivity index (χ2v) is 14.1. The van der Waals surface area contributed by atoms with Gasteiger partial charge >= 0.3 is 0 Å². The molecule has 6 aromatic carbocycles. The highest BCUT2D eigenvalue weighted by atomic mass is 19.2. The molecule has 2 heterocycles. The molecule has 6 aromatic rings. The molecule has 0 saturated heterocycles. The quantitative estimate of drug-likeness (QED) is 0.102. The van der Waals surface area contributed by atoms with E-state index < -0.39 is 68.3 Å². The Labute approximate surface area is 312 Å². The fraction of sp³-hybridized carbons (Fsp3) is 0.136. The third kappa shape index (κ3) is 5.34. The van der Waals surface area contributed by atoms with Gasteiger partial charge in [-0.05, 0) is 74.2 Å². The lowest BCUT2D eigenvalue weighted by molar-refractivity contribution is -0.0982. The zero-order chi connectivity index (χ0) is 39.0. The fourth-order valence-corrected chi connectivity index (χ4v) is 6.81. The molecular weight excluding hydrogens is 713 g/mol. The summed E-state index contributed by atoms with van der Waals surface area (Å²) in [6.45, 7) is 6.58. The fourth-order valence-electron chi connectivity index (χ4n) is 6.81. The second-order valence-electron chi connectivity index (χ2n) is 14.1. The van der Waals surface area contributed by atoms with Crippen LogP contribution in [0.15, 0.2) is 97.1 Å². The second kappa shape index (κ2) is 12.6. The van der Waals surface area contributed by atoms with Gasteiger partial charge in [-0.25, -0.2) is 22.0 Å². The number of fused-ring (bicyclic) bond motifs is 3. The maximum Gasteiger partial charge on any atom is 0.200 e. The molecule has 0 fully saturated rings. The van der Waals surface area contributed by atoms with Crippen LogP contribution in [0.5, 0.6) is 23.0 Å². The van der Waals surface area contributed by atoms with Gasteiger partial charge in [-0.2, -0.15) is 10.5 Å². The molecule has 6 nitrogen and oxygen atoms in total. The first-order valence-electron chi connectivity index (χ1n) is 17.1. The summed E-state index contributed by atoms with van der Waals surface area (Å²) in [4.78, 5) is 1.62.